The summed E-state index contributed by atoms with van der Waals surface area (Å²) in [6.07, 6.45) is 0. The number of carbonyl (C=O) groups is 2. The lowest BCUT2D eigenvalue weighted by molar-refractivity contribution is -0.120. The van der Waals surface area contributed by atoms with Crippen LogP contribution in [-0.4, -0.2) is 11.8 Å². The molecule has 0 radical (unpaired) electrons. The van der Waals surface area contributed by atoms with Gasteiger partial charge in [-0.3, -0.25) is 9.59 Å². The van der Waals surface area contributed by atoms with Crippen molar-refractivity contribution in [3.8, 4) is 0 Å². The van der Waals surface area contributed by atoms with Crippen molar-refractivity contribution in [2.24, 2.45) is 0 Å². The number of halogens is 1. The molecule has 4 nitrogen and oxygen atoms in total. The first-order valence-electron chi connectivity index (χ1n) is 10.9. The molecular formula is C28H27ClN2O2. The number of carbonyl (C=O) groups excluding carboxylic acids is 2. The summed E-state index contributed by atoms with van der Waals surface area (Å²) in [5.41, 5.74) is 5.95. The SMILES string of the molecule is Cc1ccc(C2=C(Nc3ccc(C(C)(C)C)cc3)C(=O)N(c3ccc(Cl)cc3)C2=O)cc1C. The highest BCUT2D eigenvalue weighted by Crippen LogP contribution is 2.35. The van der Waals surface area contributed by atoms with Crippen molar-refractivity contribution in [3.05, 3.63) is 99.7 Å². The molecule has 4 rings (SSSR count). The number of imide groups is 1. The third kappa shape index (κ3) is 4.44. The van der Waals surface area contributed by atoms with Crippen LogP contribution in [0.4, 0.5) is 11.4 Å². The Balaban J connectivity index is 1.79. The highest BCUT2D eigenvalue weighted by molar-refractivity contribution is 6.46. The molecule has 1 aliphatic heterocycles. The minimum atomic E-state index is -0.393. The maximum absolute atomic E-state index is 13.6. The number of aryl methyl sites for hydroxylation is 2. The van der Waals surface area contributed by atoms with E-state index < -0.39 is 5.91 Å². The average molecular weight is 459 g/mol. The molecule has 168 valence electrons. The highest BCUT2D eigenvalue weighted by atomic mass is 35.5. The maximum Gasteiger partial charge on any atom is 0.282 e. The minimum absolute atomic E-state index is 0.0207. The van der Waals surface area contributed by atoms with E-state index in [1.165, 1.54) is 10.5 Å². The van der Waals surface area contributed by atoms with Crippen LogP contribution in [0.1, 0.15) is 43.0 Å². The first kappa shape index (κ1) is 22.8. The standard InChI is InChI=1S/C28H27ClN2O2/c1-17-6-7-19(16-18(17)2)24-25(30-22-12-8-20(9-13-22)28(3,4)5)27(33)31(26(24)32)23-14-10-21(29)11-15-23/h6-16,30H,1-5H3. The van der Waals surface area contributed by atoms with Crippen LogP contribution in [0.2, 0.25) is 5.02 Å². The van der Waals surface area contributed by atoms with Gasteiger partial charge in [-0.25, -0.2) is 4.90 Å². The quantitative estimate of drug-likeness (QED) is 0.445. The molecule has 33 heavy (non-hydrogen) atoms. The fourth-order valence-electron chi connectivity index (χ4n) is 3.83. The fraction of sp³-hybridized carbons (Fsp3) is 0.214. The summed E-state index contributed by atoms with van der Waals surface area (Å²) in [4.78, 5) is 28.3. The van der Waals surface area contributed by atoms with Gasteiger partial charge in [0.1, 0.15) is 5.70 Å². The van der Waals surface area contributed by atoms with Crippen LogP contribution in [0.3, 0.4) is 0 Å². The Kier molecular flexibility index (Phi) is 5.89. The summed E-state index contributed by atoms with van der Waals surface area (Å²) in [6, 6.07) is 20.5. The Morgan fingerprint density at radius 2 is 1.42 bits per heavy atom. The van der Waals surface area contributed by atoms with E-state index in [0.717, 1.165) is 16.8 Å². The van der Waals surface area contributed by atoms with E-state index in [2.05, 4.69) is 26.1 Å². The maximum atomic E-state index is 13.6. The normalized spacial score (nSPS) is 14.3. The molecule has 0 aliphatic carbocycles. The highest BCUT2D eigenvalue weighted by Gasteiger charge is 2.40. The third-order valence-electron chi connectivity index (χ3n) is 5.98. The van der Waals surface area contributed by atoms with Crippen molar-refractivity contribution < 1.29 is 9.59 Å². The van der Waals surface area contributed by atoms with Gasteiger partial charge in [0.25, 0.3) is 11.8 Å². The van der Waals surface area contributed by atoms with Gasteiger partial charge in [-0.15, -0.1) is 0 Å². The lowest BCUT2D eigenvalue weighted by Crippen LogP contribution is -2.32. The van der Waals surface area contributed by atoms with E-state index in [9.17, 15) is 9.59 Å². The average Bonchev–Trinajstić information content (AvgIpc) is 3.00. The van der Waals surface area contributed by atoms with Crippen molar-refractivity contribution in [1.29, 1.82) is 0 Å². The van der Waals surface area contributed by atoms with Crippen molar-refractivity contribution in [2.75, 3.05) is 10.2 Å². The molecule has 1 N–H and O–H groups in total. The van der Waals surface area contributed by atoms with Gasteiger partial charge >= 0.3 is 0 Å². The topological polar surface area (TPSA) is 49.4 Å². The second-order valence-corrected chi connectivity index (χ2v) is 9.86. The van der Waals surface area contributed by atoms with E-state index in [1.807, 2.05) is 56.3 Å². The van der Waals surface area contributed by atoms with Gasteiger partial charge in [-0.2, -0.15) is 0 Å². The van der Waals surface area contributed by atoms with Crippen LogP contribution >= 0.6 is 11.6 Å². The van der Waals surface area contributed by atoms with Gasteiger partial charge in [0.15, 0.2) is 0 Å². The molecule has 0 spiro atoms. The molecule has 1 heterocycles. The number of amides is 2. The summed E-state index contributed by atoms with van der Waals surface area (Å²) >= 11 is 6.02. The van der Waals surface area contributed by atoms with Gasteiger partial charge in [-0.1, -0.05) is 62.7 Å². The van der Waals surface area contributed by atoms with Gasteiger partial charge in [-0.05, 0) is 77.9 Å². The first-order valence-corrected chi connectivity index (χ1v) is 11.3. The van der Waals surface area contributed by atoms with Crippen molar-refractivity contribution in [2.45, 2.75) is 40.0 Å². The number of hydrogen-bond acceptors (Lipinski definition) is 3. The molecule has 2 amide bonds. The van der Waals surface area contributed by atoms with Crippen molar-refractivity contribution >= 4 is 40.4 Å². The zero-order valence-electron chi connectivity index (χ0n) is 19.5. The summed E-state index contributed by atoms with van der Waals surface area (Å²) < 4.78 is 0. The van der Waals surface area contributed by atoms with Gasteiger partial charge < -0.3 is 5.32 Å². The molecule has 0 bridgehead atoms. The molecule has 0 atom stereocenters. The van der Waals surface area contributed by atoms with E-state index in [0.29, 0.717) is 21.8 Å². The minimum Gasteiger partial charge on any atom is -0.350 e. The van der Waals surface area contributed by atoms with Crippen molar-refractivity contribution in [3.63, 3.8) is 0 Å². The van der Waals surface area contributed by atoms with E-state index in [1.54, 1.807) is 24.3 Å². The second-order valence-electron chi connectivity index (χ2n) is 9.42. The van der Waals surface area contributed by atoms with Crippen LogP contribution in [0.15, 0.2) is 72.4 Å². The molecule has 5 heteroatoms. The van der Waals surface area contributed by atoms with Gasteiger partial charge in [0, 0.05) is 10.7 Å². The monoisotopic (exact) mass is 458 g/mol. The molecule has 0 unspecified atom stereocenters. The molecule has 0 aromatic heterocycles. The zero-order valence-corrected chi connectivity index (χ0v) is 20.2. The Morgan fingerprint density at radius 3 is 2.00 bits per heavy atom. The van der Waals surface area contributed by atoms with Crippen LogP contribution in [-0.2, 0) is 15.0 Å². The number of benzene rings is 3. The first-order chi connectivity index (χ1) is 15.6. The van der Waals surface area contributed by atoms with Crippen LogP contribution in [0, 0.1) is 13.8 Å². The van der Waals surface area contributed by atoms with Gasteiger partial charge in [0.05, 0.1) is 11.3 Å². The van der Waals surface area contributed by atoms with Gasteiger partial charge in [0.2, 0.25) is 0 Å². The predicted octanol–water partition coefficient (Wildman–Crippen LogP) is 6.65. The molecule has 1 aliphatic rings. The summed E-state index contributed by atoms with van der Waals surface area (Å²) in [6.45, 7) is 10.5. The Morgan fingerprint density at radius 1 is 0.788 bits per heavy atom. The Labute approximate surface area is 199 Å². The predicted molar refractivity (Wildman–Crippen MR) is 136 cm³/mol. The molecule has 3 aromatic rings. The van der Waals surface area contributed by atoms with Crippen LogP contribution < -0.4 is 10.2 Å². The lowest BCUT2D eigenvalue weighted by Gasteiger charge is -2.19. The Bertz CT molecular complexity index is 1270. The van der Waals surface area contributed by atoms with Crippen LogP contribution in [0.25, 0.3) is 5.57 Å². The molecule has 0 fully saturated rings. The molecular weight excluding hydrogens is 432 g/mol. The van der Waals surface area contributed by atoms with Crippen LogP contribution in [0.5, 0.6) is 0 Å². The van der Waals surface area contributed by atoms with E-state index in [-0.39, 0.29) is 17.0 Å². The van der Waals surface area contributed by atoms with Crippen molar-refractivity contribution in [1.82, 2.24) is 0 Å². The van der Waals surface area contributed by atoms with E-state index >= 15 is 0 Å². The summed E-state index contributed by atoms with van der Waals surface area (Å²) in [7, 11) is 0. The zero-order chi connectivity index (χ0) is 23.9. The number of nitrogens with zero attached hydrogens (tertiary/aromatic N) is 1. The smallest absolute Gasteiger partial charge is 0.282 e. The molecule has 3 aromatic carbocycles. The van der Waals surface area contributed by atoms with E-state index in [4.69, 9.17) is 11.6 Å². The molecule has 0 saturated heterocycles. The number of rotatable bonds is 4. The summed E-state index contributed by atoms with van der Waals surface area (Å²) in [5.74, 6) is -0.755. The molecule has 0 saturated carbocycles. The number of nitrogens with one attached hydrogen (secondary N) is 1. The number of hydrogen-bond donors (Lipinski definition) is 1. The summed E-state index contributed by atoms with van der Waals surface area (Å²) in [5, 5.41) is 3.77. The Hall–Kier alpha value is -3.37. The largest absolute Gasteiger partial charge is 0.350 e. The number of anilines is 2. The second kappa shape index (κ2) is 8.53. The lowest BCUT2D eigenvalue weighted by atomic mass is 9.87. The third-order valence-corrected chi connectivity index (χ3v) is 6.24. The fourth-order valence-corrected chi connectivity index (χ4v) is 3.96.